The average Bonchev–Trinajstić information content (AvgIpc) is 2.42. The van der Waals surface area contributed by atoms with Gasteiger partial charge in [0.25, 0.3) is 0 Å². The highest BCUT2D eigenvalue weighted by atomic mass is 16.2. The summed E-state index contributed by atoms with van der Waals surface area (Å²) in [5.74, 6) is 0.154. The molecule has 0 aromatic heterocycles. The van der Waals surface area contributed by atoms with E-state index in [1.54, 1.807) is 6.92 Å². The third-order valence-corrected chi connectivity index (χ3v) is 4.27. The molecule has 1 aliphatic rings. The fourth-order valence-corrected chi connectivity index (χ4v) is 3.09. The molecule has 0 bridgehead atoms. The van der Waals surface area contributed by atoms with Crippen molar-refractivity contribution in [2.75, 3.05) is 13.1 Å². The van der Waals surface area contributed by atoms with Crippen molar-refractivity contribution >= 4 is 11.7 Å². The molecule has 1 aliphatic carbocycles. The van der Waals surface area contributed by atoms with Gasteiger partial charge in [-0.15, -0.1) is 0 Å². The average molecular weight is 282 g/mol. The first kappa shape index (κ1) is 17.2. The second-order valence-electron chi connectivity index (χ2n) is 6.25. The Morgan fingerprint density at radius 1 is 1.20 bits per heavy atom. The van der Waals surface area contributed by atoms with Crippen molar-refractivity contribution < 1.29 is 9.59 Å². The molecule has 0 spiro atoms. The largest absolute Gasteiger partial charge is 0.345 e. The van der Waals surface area contributed by atoms with Crippen LogP contribution in [0, 0.1) is 5.92 Å². The Bertz CT molecular complexity index is 322. The van der Waals surface area contributed by atoms with E-state index in [1.165, 1.54) is 32.1 Å². The molecule has 116 valence electrons. The molecule has 0 aromatic rings. The molecule has 4 nitrogen and oxygen atoms in total. The first-order valence-corrected chi connectivity index (χ1v) is 7.99. The molecular formula is C16H30N2O2. The number of hydrogen-bond donors (Lipinski definition) is 1. The summed E-state index contributed by atoms with van der Waals surface area (Å²) in [4.78, 5) is 26.0. The van der Waals surface area contributed by atoms with Gasteiger partial charge < -0.3 is 5.32 Å². The van der Waals surface area contributed by atoms with Crippen LogP contribution in [0.4, 0.5) is 0 Å². The highest BCUT2D eigenvalue weighted by Crippen LogP contribution is 2.22. The van der Waals surface area contributed by atoms with Gasteiger partial charge >= 0.3 is 0 Å². The van der Waals surface area contributed by atoms with Gasteiger partial charge in [-0.05, 0) is 32.2 Å². The summed E-state index contributed by atoms with van der Waals surface area (Å²) in [5.41, 5.74) is 0. The van der Waals surface area contributed by atoms with Crippen LogP contribution in [-0.4, -0.2) is 41.8 Å². The monoisotopic (exact) mass is 282 g/mol. The number of carbonyl (C=O) groups excluding carboxylic acids is 2. The van der Waals surface area contributed by atoms with Crippen LogP contribution in [-0.2, 0) is 9.59 Å². The number of nitrogens with one attached hydrogen (secondary N) is 1. The molecule has 1 saturated carbocycles. The lowest BCUT2D eigenvalue weighted by Gasteiger charge is -2.33. The SMILES string of the molecule is CCN(CC(=O)NC(C(C)=O)C(C)C)C1CCCCC1. The van der Waals surface area contributed by atoms with Crippen LogP contribution in [0.2, 0.25) is 0 Å². The van der Waals surface area contributed by atoms with Gasteiger partial charge in [0, 0.05) is 6.04 Å². The number of ketones is 1. The van der Waals surface area contributed by atoms with Gasteiger partial charge in [-0.2, -0.15) is 0 Å². The lowest BCUT2D eigenvalue weighted by molar-refractivity contribution is -0.128. The summed E-state index contributed by atoms with van der Waals surface area (Å²) in [7, 11) is 0. The van der Waals surface area contributed by atoms with Gasteiger partial charge in [0.15, 0.2) is 5.78 Å². The van der Waals surface area contributed by atoms with E-state index in [1.807, 2.05) is 13.8 Å². The Balaban J connectivity index is 2.51. The Labute approximate surface area is 123 Å². The van der Waals surface area contributed by atoms with E-state index in [0.717, 1.165) is 6.54 Å². The predicted molar refractivity (Wildman–Crippen MR) is 81.6 cm³/mol. The van der Waals surface area contributed by atoms with Gasteiger partial charge in [-0.25, -0.2) is 0 Å². The highest BCUT2D eigenvalue weighted by molar-refractivity contribution is 5.88. The van der Waals surface area contributed by atoms with E-state index in [9.17, 15) is 9.59 Å². The maximum atomic E-state index is 12.2. The maximum Gasteiger partial charge on any atom is 0.234 e. The van der Waals surface area contributed by atoms with Crippen LogP contribution < -0.4 is 5.32 Å². The fraction of sp³-hybridized carbons (Fsp3) is 0.875. The van der Waals surface area contributed by atoms with Gasteiger partial charge in [-0.3, -0.25) is 14.5 Å². The van der Waals surface area contributed by atoms with E-state index in [0.29, 0.717) is 12.6 Å². The van der Waals surface area contributed by atoms with Crippen molar-refractivity contribution in [3.05, 3.63) is 0 Å². The number of amides is 1. The number of likely N-dealkylation sites (N-methyl/N-ethyl adjacent to an activating group) is 1. The zero-order valence-electron chi connectivity index (χ0n) is 13.4. The summed E-state index contributed by atoms with van der Waals surface area (Å²) < 4.78 is 0. The molecule has 4 heteroatoms. The fourth-order valence-electron chi connectivity index (χ4n) is 3.09. The number of nitrogens with zero attached hydrogens (tertiary/aromatic N) is 1. The van der Waals surface area contributed by atoms with Crippen molar-refractivity contribution in [1.82, 2.24) is 10.2 Å². The van der Waals surface area contributed by atoms with Crippen LogP contribution in [0.5, 0.6) is 0 Å². The molecule has 20 heavy (non-hydrogen) atoms. The molecule has 1 amide bonds. The Hall–Kier alpha value is -0.900. The lowest BCUT2D eigenvalue weighted by atomic mass is 9.94. The third kappa shape index (κ3) is 5.23. The second kappa shape index (κ2) is 8.40. The van der Waals surface area contributed by atoms with Crippen LogP contribution in [0.1, 0.15) is 59.8 Å². The molecule has 1 unspecified atom stereocenters. The van der Waals surface area contributed by atoms with Gasteiger partial charge in [0.1, 0.15) is 0 Å². The van der Waals surface area contributed by atoms with Gasteiger partial charge in [0.05, 0.1) is 12.6 Å². The van der Waals surface area contributed by atoms with E-state index in [-0.39, 0.29) is 23.7 Å². The standard InChI is InChI=1S/C16H30N2O2/c1-5-18(14-9-7-6-8-10-14)11-15(20)17-16(12(2)3)13(4)19/h12,14,16H,5-11H2,1-4H3,(H,17,20). The minimum absolute atomic E-state index is 0.0219. The van der Waals surface area contributed by atoms with Crippen LogP contribution in [0.3, 0.4) is 0 Å². The van der Waals surface area contributed by atoms with Gasteiger partial charge in [0.2, 0.25) is 5.91 Å². The molecule has 1 N–H and O–H groups in total. The molecule has 0 radical (unpaired) electrons. The van der Waals surface area contributed by atoms with E-state index >= 15 is 0 Å². The summed E-state index contributed by atoms with van der Waals surface area (Å²) in [6.07, 6.45) is 6.25. The molecule has 0 aliphatic heterocycles. The molecule has 0 heterocycles. The number of Topliss-reactive ketones (excluding diaryl/α,β-unsaturated/α-hetero) is 1. The van der Waals surface area contributed by atoms with Crippen LogP contribution >= 0.6 is 0 Å². The zero-order valence-corrected chi connectivity index (χ0v) is 13.4. The predicted octanol–water partition coefficient (Wildman–Crippen LogP) is 2.37. The van der Waals surface area contributed by atoms with Crippen LogP contribution in [0.15, 0.2) is 0 Å². The second-order valence-corrected chi connectivity index (χ2v) is 6.25. The molecule has 1 fully saturated rings. The Morgan fingerprint density at radius 3 is 2.25 bits per heavy atom. The molecule has 0 saturated heterocycles. The maximum absolute atomic E-state index is 12.2. The molecule has 1 rings (SSSR count). The van der Waals surface area contributed by atoms with E-state index in [2.05, 4.69) is 17.1 Å². The first-order valence-electron chi connectivity index (χ1n) is 7.99. The number of rotatable bonds is 7. The quantitative estimate of drug-likeness (QED) is 0.780. The molecule has 0 aromatic carbocycles. The topological polar surface area (TPSA) is 49.4 Å². The number of carbonyl (C=O) groups is 2. The lowest BCUT2D eigenvalue weighted by Crippen LogP contribution is -2.49. The summed E-state index contributed by atoms with van der Waals surface area (Å²) >= 11 is 0. The van der Waals surface area contributed by atoms with E-state index in [4.69, 9.17) is 0 Å². The molecular weight excluding hydrogens is 252 g/mol. The minimum atomic E-state index is -0.354. The van der Waals surface area contributed by atoms with Crippen molar-refractivity contribution in [3.8, 4) is 0 Å². The summed E-state index contributed by atoms with van der Waals surface area (Å²) in [6, 6.07) is 0.182. The number of hydrogen-bond acceptors (Lipinski definition) is 3. The normalized spacial score (nSPS) is 18.3. The van der Waals surface area contributed by atoms with Crippen molar-refractivity contribution in [2.45, 2.75) is 71.9 Å². The Morgan fingerprint density at radius 2 is 1.80 bits per heavy atom. The minimum Gasteiger partial charge on any atom is -0.345 e. The van der Waals surface area contributed by atoms with E-state index < -0.39 is 0 Å². The van der Waals surface area contributed by atoms with Crippen molar-refractivity contribution in [3.63, 3.8) is 0 Å². The molecule has 1 atom stereocenters. The zero-order chi connectivity index (χ0) is 15.1. The summed E-state index contributed by atoms with van der Waals surface area (Å²) in [5, 5.41) is 2.89. The van der Waals surface area contributed by atoms with Gasteiger partial charge in [-0.1, -0.05) is 40.0 Å². The van der Waals surface area contributed by atoms with Crippen LogP contribution in [0.25, 0.3) is 0 Å². The van der Waals surface area contributed by atoms with Crippen molar-refractivity contribution in [1.29, 1.82) is 0 Å². The Kier molecular flexibility index (Phi) is 7.20. The summed E-state index contributed by atoms with van der Waals surface area (Å²) in [6.45, 7) is 8.88. The first-order chi connectivity index (χ1) is 9.45. The highest BCUT2D eigenvalue weighted by Gasteiger charge is 2.25. The third-order valence-electron chi connectivity index (χ3n) is 4.27. The van der Waals surface area contributed by atoms with Crippen molar-refractivity contribution in [2.24, 2.45) is 5.92 Å². The smallest absolute Gasteiger partial charge is 0.234 e.